The van der Waals surface area contributed by atoms with E-state index < -0.39 is 5.54 Å². The maximum Gasteiger partial charge on any atom is 0.256 e. The first kappa shape index (κ1) is 15.9. The molecule has 0 unspecified atom stereocenters. The van der Waals surface area contributed by atoms with E-state index in [9.17, 15) is 10.1 Å². The molecule has 0 N–H and O–H groups in total. The van der Waals surface area contributed by atoms with Gasteiger partial charge in [0.2, 0.25) is 5.91 Å². The van der Waals surface area contributed by atoms with Crippen LogP contribution in [0.4, 0.5) is 0 Å². The molecule has 0 saturated heterocycles. The minimum absolute atomic E-state index is 0.0445. The molecule has 1 heterocycles. The highest BCUT2D eigenvalue weighted by Crippen LogP contribution is 2.33. The van der Waals surface area contributed by atoms with Gasteiger partial charge in [-0.05, 0) is 26.7 Å². The van der Waals surface area contributed by atoms with Crippen LogP contribution in [0.2, 0.25) is 0 Å². The Bertz CT molecular complexity index is 536. The van der Waals surface area contributed by atoms with E-state index in [0.29, 0.717) is 5.22 Å². The summed E-state index contributed by atoms with van der Waals surface area (Å²) in [6, 6.07) is 2.37. The van der Waals surface area contributed by atoms with Gasteiger partial charge >= 0.3 is 0 Å². The molecule has 1 aromatic heterocycles. The molecule has 2 rings (SSSR count). The molecule has 5 nitrogen and oxygen atoms in total. The van der Waals surface area contributed by atoms with Crippen LogP contribution < -0.4 is 0 Å². The molecule has 0 aliphatic heterocycles. The first-order valence-corrected chi connectivity index (χ1v) is 8.22. The van der Waals surface area contributed by atoms with E-state index in [4.69, 9.17) is 4.42 Å². The Balaban J connectivity index is 1.97. The second-order valence-electron chi connectivity index (χ2n) is 5.57. The fraction of sp³-hybridized carbons (Fsp3) is 0.667. The van der Waals surface area contributed by atoms with Crippen molar-refractivity contribution in [2.24, 2.45) is 0 Å². The van der Waals surface area contributed by atoms with E-state index >= 15 is 0 Å². The number of aryl methyl sites for hydroxylation is 2. The van der Waals surface area contributed by atoms with Crippen LogP contribution in [0.3, 0.4) is 0 Å². The molecule has 1 aliphatic carbocycles. The third-order valence-corrected chi connectivity index (χ3v) is 5.05. The van der Waals surface area contributed by atoms with Gasteiger partial charge in [-0.15, -0.1) is 0 Å². The monoisotopic (exact) mass is 307 g/mol. The number of carbonyl (C=O) groups is 1. The Morgan fingerprint density at radius 1 is 1.43 bits per heavy atom. The van der Waals surface area contributed by atoms with Gasteiger partial charge in [-0.2, -0.15) is 5.26 Å². The predicted molar refractivity (Wildman–Crippen MR) is 80.9 cm³/mol. The summed E-state index contributed by atoms with van der Waals surface area (Å²) in [5, 5.41) is 10.0. The number of hydrogen-bond donors (Lipinski definition) is 0. The number of thioether (sulfide) groups is 1. The maximum absolute atomic E-state index is 12.4. The van der Waals surface area contributed by atoms with Crippen LogP contribution in [0, 0.1) is 25.2 Å². The maximum atomic E-state index is 12.4. The Kier molecular flexibility index (Phi) is 4.94. The van der Waals surface area contributed by atoms with Crippen molar-refractivity contribution in [2.45, 2.75) is 56.7 Å². The number of nitriles is 1. The average Bonchev–Trinajstić information content (AvgIpc) is 2.83. The Labute approximate surface area is 129 Å². The molecule has 1 fully saturated rings. The van der Waals surface area contributed by atoms with Crippen molar-refractivity contribution in [3.63, 3.8) is 0 Å². The second kappa shape index (κ2) is 6.52. The van der Waals surface area contributed by atoms with Crippen LogP contribution >= 0.6 is 11.8 Å². The fourth-order valence-corrected chi connectivity index (χ4v) is 3.45. The van der Waals surface area contributed by atoms with E-state index in [2.05, 4.69) is 11.1 Å². The van der Waals surface area contributed by atoms with Crippen molar-refractivity contribution in [2.75, 3.05) is 12.8 Å². The largest absolute Gasteiger partial charge is 0.437 e. The van der Waals surface area contributed by atoms with Crippen LogP contribution in [0.15, 0.2) is 9.64 Å². The average molecular weight is 307 g/mol. The van der Waals surface area contributed by atoms with Gasteiger partial charge in [0.25, 0.3) is 5.22 Å². The van der Waals surface area contributed by atoms with Crippen molar-refractivity contribution < 1.29 is 9.21 Å². The summed E-state index contributed by atoms with van der Waals surface area (Å²) in [7, 11) is 1.74. The topological polar surface area (TPSA) is 70.1 Å². The van der Waals surface area contributed by atoms with Gasteiger partial charge in [0, 0.05) is 7.05 Å². The van der Waals surface area contributed by atoms with Crippen molar-refractivity contribution in [1.82, 2.24) is 9.88 Å². The van der Waals surface area contributed by atoms with E-state index in [1.807, 2.05) is 13.8 Å². The molecular formula is C15H21N3O2S. The molecule has 1 aromatic rings. The zero-order chi connectivity index (χ0) is 15.5. The number of hydrogen-bond acceptors (Lipinski definition) is 5. The number of aromatic nitrogens is 1. The van der Waals surface area contributed by atoms with Crippen LogP contribution in [0.5, 0.6) is 0 Å². The van der Waals surface area contributed by atoms with Gasteiger partial charge in [-0.3, -0.25) is 4.79 Å². The molecule has 0 bridgehead atoms. The van der Waals surface area contributed by atoms with E-state index in [1.165, 1.54) is 11.8 Å². The van der Waals surface area contributed by atoms with Gasteiger partial charge in [-0.25, -0.2) is 4.98 Å². The smallest absolute Gasteiger partial charge is 0.256 e. The predicted octanol–water partition coefficient (Wildman–Crippen LogP) is 3.07. The number of rotatable bonds is 4. The summed E-state index contributed by atoms with van der Waals surface area (Å²) in [4.78, 5) is 18.2. The van der Waals surface area contributed by atoms with Crippen molar-refractivity contribution in [3.8, 4) is 6.07 Å². The zero-order valence-corrected chi connectivity index (χ0v) is 13.6. The van der Waals surface area contributed by atoms with Gasteiger partial charge in [-0.1, -0.05) is 31.0 Å². The first-order valence-electron chi connectivity index (χ1n) is 7.23. The third-order valence-electron chi connectivity index (χ3n) is 4.23. The standard InChI is InChI=1S/C15H21N3O2S/c1-11-12(2)20-14(17-11)21-9-13(19)18(3)15(10-16)7-5-4-6-8-15/h4-9H2,1-3H3. The molecule has 0 aromatic carbocycles. The summed E-state index contributed by atoms with van der Waals surface area (Å²) in [5.41, 5.74) is 0.220. The summed E-state index contributed by atoms with van der Waals surface area (Å²) < 4.78 is 5.46. The van der Waals surface area contributed by atoms with Gasteiger partial charge in [0.05, 0.1) is 17.5 Å². The van der Waals surface area contributed by atoms with Crippen molar-refractivity contribution >= 4 is 17.7 Å². The lowest BCUT2D eigenvalue weighted by Crippen LogP contribution is -2.50. The SMILES string of the molecule is Cc1nc(SCC(=O)N(C)C2(C#N)CCCCC2)oc1C. The molecule has 6 heteroatoms. The molecule has 1 aliphatic rings. The number of nitrogens with zero attached hydrogens (tertiary/aromatic N) is 3. The van der Waals surface area contributed by atoms with Crippen LogP contribution in [-0.2, 0) is 4.79 Å². The van der Waals surface area contributed by atoms with Gasteiger partial charge in [0.1, 0.15) is 11.3 Å². The minimum Gasteiger partial charge on any atom is -0.437 e. The molecule has 1 saturated carbocycles. The lowest BCUT2D eigenvalue weighted by atomic mass is 9.81. The normalized spacial score (nSPS) is 17.2. The Morgan fingerprint density at radius 3 is 2.62 bits per heavy atom. The van der Waals surface area contributed by atoms with Gasteiger partial charge < -0.3 is 9.32 Å². The van der Waals surface area contributed by atoms with E-state index in [-0.39, 0.29) is 11.7 Å². The highest BCUT2D eigenvalue weighted by atomic mass is 32.2. The highest BCUT2D eigenvalue weighted by Gasteiger charge is 2.38. The number of oxazole rings is 1. The molecule has 0 atom stereocenters. The van der Waals surface area contributed by atoms with Crippen molar-refractivity contribution in [3.05, 3.63) is 11.5 Å². The minimum atomic E-state index is -0.627. The molecule has 0 spiro atoms. The molecule has 1 amide bonds. The van der Waals surface area contributed by atoms with Crippen molar-refractivity contribution in [1.29, 1.82) is 5.26 Å². The fourth-order valence-electron chi connectivity index (χ4n) is 2.62. The summed E-state index contributed by atoms with van der Waals surface area (Å²) in [6.07, 6.45) is 4.71. The van der Waals surface area contributed by atoms with Crippen LogP contribution in [0.25, 0.3) is 0 Å². The van der Waals surface area contributed by atoms with Crippen LogP contribution in [0.1, 0.15) is 43.6 Å². The summed E-state index contributed by atoms with van der Waals surface area (Å²) in [6.45, 7) is 3.73. The zero-order valence-electron chi connectivity index (χ0n) is 12.8. The lowest BCUT2D eigenvalue weighted by Gasteiger charge is -2.38. The second-order valence-corrected chi connectivity index (χ2v) is 6.49. The molecule has 114 valence electrons. The quantitative estimate of drug-likeness (QED) is 0.799. The third kappa shape index (κ3) is 3.41. The first-order chi connectivity index (χ1) is 9.98. The van der Waals surface area contributed by atoms with E-state index in [0.717, 1.165) is 43.6 Å². The lowest BCUT2D eigenvalue weighted by molar-refractivity contribution is -0.131. The molecular weight excluding hydrogens is 286 g/mol. The van der Waals surface area contributed by atoms with E-state index in [1.54, 1.807) is 11.9 Å². The van der Waals surface area contributed by atoms with Crippen LogP contribution in [-0.4, -0.2) is 34.1 Å². The Hall–Kier alpha value is -1.48. The molecule has 0 radical (unpaired) electrons. The number of carbonyl (C=O) groups excluding carboxylic acids is 1. The Morgan fingerprint density at radius 2 is 2.10 bits per heavy atom. The highest BCUT2D eigenvalue weighted by molar-refractivity contribution is 7.99. The number of amides is 1. The molecule has 21 heavy (non-hydrogen) atoms. The summed E-state index contributed by atoms with van der Waals surface area (Å²) >= 11 is 1.29. The summed E-state index contributed by atoms with van der Waals surface area (Å²) in [5.74, 6) is 0.982. The van der Waals surface area contributed by atoms with Gasteiger partial charge in [0.15, 0.2) is 0 Å².